The van der Waals surface area contributed by atoms with Gasteiger partial charge in [0.1, 0.15) is 12.4 Å². The van der Waals surface area contributed by atoms with E-state index in [4.69, 9.17) is 9.84 Å². The Hall–Kier alpha value is -0.820. The summed E-state index contributed by atoms with van der Waals surface area (Å²) in [5, 5.41) is 8.60. The number of halogens is 1. The molecule has 1 aromatic rings. The molecule has 0 aliphatic heterocycles. The molecule has 0 fully saturated rings. The van der Waals surface area contributed by atoms with Crippen LogP contribution in [0.3, 0.4) is 0 Å². The second kappa shape index (κ2) is 5.92. The molecule has 1 rings (SSSR count). The van der Waals surface area contributed by atoms with Crippen molar-refractivity contribution in [3.8, 4) is 5.75 Å². The monoisotopic (exact) mass is 322 g/mol. The number of hydrogen-bond donors (Lipinski definition) is 1. The number of aliphatic hydroxyl groups is 1. The van der Waals surface area contributed by atoms with Gasteiger partial charge >= 0.3 is 5.97 Å². The summed E-state index contributed by atoms with van der Waals surface area (Å²) in [6, 6.07) is 4.99. The molecule has 0 aliphatic carbocycles. The topological polar surface area (TPSA) is 55.8 Å². The van der Waals surface area contributed by atoms with Gasteiger partial charge in [-0.05, 0) is 40.8 Å². The highest BCUT2D eigenvalue weighted by Gasteiger charge is 2.08. The van der Waals surface area contributed by atoms with E-state index in [2.05, 4.69) is 27.3 Å². The first-order valence-corrected chi connectivity index (χ1v) is 5.38. The Bertz CT molecular complexity index is 351. The van der Waals surface area contributed by atoms with Crippen molar-refractivity contribution >= 4 is 28.6 Å². The van der Waals surface area contributed by atoms with E-state index in [9.17, 15) is 4.79 Å². The molecule has 5 heteroatoms. The third kappa shape index (κ3) is 3.35. The van der Waals surface area contributed by atoms with Gasteiger partial charge < -0.3 is 14.6 Å². The van der Waals surface area contributed by atoms with Gasteiger partial charge in [-0.1, -0.05) is 0 Å². The van der Waals surface area contributed by atoms with Crippen molar-refractivity contribution in [1.82, 2.24) is 0 Å². The van der Waals surface area contributed by atoms with Gasteiger partial charge in [0, 0.05) is 0 Å². The molecule has 1 N–H and O–H groups in total. The fraction of sp³-hybridized carbons (Fsp3) is 0.300. The highest BCUT2D eigenvalue weighted by molar-refractivity contribution is 14.1. The van der Waals surface area contributed by atoms with Crippen LogP contribution < -0.4 is 4.74 Å². The minimum atomic E-state index is -0.373. The van der Waals surface area contributed by atoms with Crippen molar-refractivity contribution in [1.29, 1.82) is 0 Å². The number of esters is 1. The minimum absolute atomic E-state index is 0.0329. The van der Waals surface area contributed by atoms with Crippen LogP contribution in [0.4, 0.5) is 0 Å². The number of methoxy groups -OCH3 is 1. The smallest absolute Gasteiger partial charge is 0.337 e. The summed E-state index contributed by atoms with van der Waals surface area (Å²) < 4.78 is 10.6. The van der Waals surface area contributed by atoms with E-state index in [0.717, 1.165) is 3.57 Å². The Morgan fingerprint density at radius 3 is 2.80 bits per heavy atom. The zero-order valence-corrected chi connectivity index (χ0v) is 10.4. The molecule has 0 bridgehead atoms. The summed E-state index contributed by atoms with van der Waals surface area (Å²) in [6.07, 6.45) is 0. The van der Waals surface area contributed by atoms with E-state index in [0.29, 0.717) is 11.3 Å². The van der Waals surface area contributed by atoms with Gasteiger partial charge in [-0.3, -0.25) is 0 Å². The molecule has 0 amide bonds. The third-order valence-corrected chi connectivity index (χ3v) is 2.54. The molecule has 0 unspecified atom stereocenters. The van der Waals surface area contributed by atoms with Gasteiger partial charge in [0.2, 0.25) is 0 Å². The standard InChI is InChI=1S/C10H11IO4/c1-14-10(13)7-2-3-9(8(11)6-7)15-5-4-12/h2-3,6,12H,4-5H2,1H3. The predicted molar refractivity (Wildman–Crippen MR) is 63.1 cm³/mol. The Kier molecular flexibility index (Phi) is 4.83. The SMILES string of the molecule is COC(=O)c1ccc(OCCO)c(I)c1. The van der Waals surface area contributed by atoms with E-state index >= 15 is 0 Å². The molecule has 0 atom stereocenters. The number of rotatable bonds is 4. The summed E-state index contributed by atoms with van der Waals surface area (Å²) in [6.45, 7) is 0.211. The van der Waals surface area contributed by atoms with E-state index in [1.807, 2.05) is 0 Å². The molecule has 0 spiro atoms. The van der Waals surface area contributed by atoms with Crippen molar-refractivity contribution in [3.05, 3.63) is 27.3 Å². The van der Waals surface area contributed by atoms with Crippen molar-refractivity contribution in [2.75, 3.05) is 20.3 Å². The maximum absolute atomic E-state index is 11.2. The zero-order valence-electron chi connectivity index (χ0n) is 8.20. The lowest BCUT2D eigenvalue weighted by Crippen LogP contribution is -2.05. The average molecular weight is 322 g/mol. The van der Waals surface area contributed by atoms with Crippen LogP contribution in [0.2, 0.25) is 0 Å². The molecule has 0 radical (unpaired) electrons. The molecule has 0 heterocycles. The maximum Gasteiger partial charge on any atom is 0.337 e. The summed E-state index contributed by atoms with van der Waals surface area (Å²) >= 11 is 2.06. The predicted octanol–water partition coefficient (Wildman–Crippen LogP) is 1.45. The normalized spacial score (nSPS) is 9.80. The van der Waals surface area contributed by atoms with Crippen molar-refractivity contribution < 1.29 is 19.4 Å². The summed E-state index contributed by atoms with van der Waals surface area (Å²) in [5.41, 5.74) is 0.484. The quantitative estimate of drug-likeness (QED) is 0.673. The first-order valence-electron chi connectivity index (χ1n) is 4.30. The fourth-order valence-electron chi connectivity index (χ4n) is 1.02. The molecular weight excluding hydrogens is 311 g/mol. The van der Waals surface area contributed by atoms with E-state index in [1.54, 1.807) is 18.2 Å². The molecule has 0 aliphatic rings. The van der Waals surface area contributed by atoms with Gasteiger partial charge in [-0.25, -0.2) is 4.79 Å². The number of ether oxygens (including phenoxy) is 2. The number of hydrogen-bond acceptors (Lipinski definition) is 4. The van der Waals surface area contributed by atoms with Crippen LogP contribution in [0.1, 0.15) is 10.4 Å². The summed E-state index contributed by atoms with van der Waals surface area (Å²) in [5.74, 6) is 0.277. The first kappa shape index (κ1) is 12.3. The molecule has 1 aromatic carbocycles. The van der Waals surface area contributed by atoms with Crippen LogP contribution in [0.25, 0.3) is 0 Å². The molecule has 15 heavy (non-hydrogen) atoms. The highest BCUT2D eigenvalue weighted by Crippen LogP contribution is 2.22. The average Bonchev–Trinajstić information content (AvgIpc) is 2.26. The molecule has 4 nitrogen and oxygen atoms in total. The molecular formula is C10H11IO4. The van der Waals surface area contributed by atoms with Crippen LogP contribution >= 0.6 is 22.6 Å². The number of carbonyl (C=O) groups is 1. The molecule has 0 saturated carbocycles. The van der Waals surface area contributed by atoms with Crippen LogP contribution in [0.5, 0.6) is 5.75 Å². The van der Waals surface area contributed by atoms with Crippen molar-refractivity contribution in [2.45, 2.75) is 0 Å². The first-order chi connectivity index (χ1) is 7.19. The van der Waals surface area contributed by atoms with Gasteiger partial charge in [-0.2, -0.15) is 0 Å². The van der Waals surface area contributed by atoms with Crippen LogP contribution in [0.15, 0.2) is 18.2 Å². The third-order valence-electron chi connectivity index (χ3n) is 1.70. The maximum atomic E-state index is 11.2. The summed E-state index contributed by atoms with van der Waals surface area (Å²) in [4.78, 5) is 11.2. The largest absolute Gasteiger partial charge is 0.490 e. The van der Waals surface area contributed by atoms with Crippen LogP contribution in [-0.4, -0.2) is 31.4 Å². The van der Waals surface area contributed by atoms with E-state index in [-0.39, 0.29) is 19.2 Å². The Labute approximate surface area is 101 Å². The fourth-order valence-corrected chi connectivity index (χ4v) is 1.69. The van der Waals surface area contributed by atoms with Gasteiger partial charge in [0.05, 0.1) is 22.9 Å². The number of aliphatic hydroxyl groups excluding tert-OH is 1. The van der Waals surface area contributed by atoms with Gasteiger partial charge in [0.25, 0.3) is 0 Å². The lowest BCUT2D eigenvalue weighted by Gasteiger charge is -2.07. The van der Waals surface area contributed by atoms with Crippen molar-refractivity contribution in [3.63, 3.8) is 0 Å². The van der Waals surface area contributed by atoms with E-state index in [1.165, 1.54) is 7.11 Å². The Balaban J connectivity index is 2.83. The molecule has 82 valence electrons. The lowest BCUT2D eigenvalue weighted by molar-refractivity contribution is 0.0600. The van der Waals surface area contributed by atoms with Gasteiger partial charge in [-0.15, -0.1) is 0 Å². The number of carbonyl (C=O) groups excluding carboxylic acids is 1. The Morgan fingerprint density at radius 1 is 1.53 bits per heavy atom. The van der Waals surface area contributed by atoms with Gasteiger partial charge in [0.15, 0.2) is 0 Å². The lowest BCUT2D eigenvalue weighted by atomic mass is 10.2. The second-order valence-electron chi connectivity index (χ2n) is 2.71. The van der Waals surface area contributed by atoms with Crippen LogP contribution in [0, 0.1) is 3.57 Å². The number of benzene rings is 1. The minimum Gasteiger partial charge on any atom is -0.490 e. The van der Waals surface area contributed by atoms with Crippen LogP contribution in [-0.2, 0) is 4.74 Å². The van der Waals surface area contributed by atoms with E-state index < -0.39 is 0 Å². The second-order valence-corrected chi connectivity index (χ2v) is 3.87. The summed E-state index contributed by atoms with van der Waals surface area (Å²) in [7, 11) is 1.34. The molecule has 0 saturated heterocycles. The zero-order chi connectivity index (χ0) is 11.3. The Morgan fingerprint density at radius 2 is 2.27 bits per heavy atom. The highest BCUT2D eigenvalue weighted by atomic mass is 127. The van der Waals surface area contributed by atoms with Crippen molar-refractivity contribution in [2.24, 2.45) is 0 Å². The molecule has 0 aromatic heterocycles.